The van der Waals surface area contributed by atoms with Crippen LogP contribution < -0.4 is 4.74 Å². The van der Waals surface area contributed by atoms with E-state index >= 15 is 0 Å². The van der Waals surface area contributed by atoms with Crippen LogP contribution in [0.2, 0.25) is 0 Å². The number of carboxylic acid groups (broad SMARTS) is 1. The van der Waals surface area contributed by atoms with E-state index < -0.39 is 17.9 Å². The van der Waals surface area contributed by atoms with Gasteiger partial charge in [0.05, 0.1) is 12.5 Å². The van der Waals surface area contributed by atoms with E-state index in [4.69, 9.17) is 9.47 Å². The largest absolute Gasteiger partial charge is 0.482 e. The van der Waals surface area contributed by atoms with Gasteiger partial charge in [-0.1, -0.05) is 32.9 Å². The average molecular weight is 308 g/mol. The molecule has 0 aliphatic rings. The summed E-state index contributed by atoms with van der Waals surface area (Å²) >= 11 is 0. The van der Waals surface area contributed by atoms with Crippen molar-refractivity contribution in [3.8, 4) is 5.75 Å². The Morgan fingerprint density at radius 2 is 1.77 bits per heavy atom. The van der Waals surface area contributed by atoms with E-state index in [0.29, 0.717) is 18.8 Å². The third-order valence-electron chi connectivity index (χ3n) is 3.06. The molecule has 22 heavy (non-hydrogen) atoms. The van der Waals surface area contributed by atoms with Gasteiger partial charge in [-0.3, -0.25) is 4.79 Å². The molecule has 5 heteroatoms. The maximum atomic E-state index is 11.5. The van der Waals surface area contributed by atoms with Gasteiger partial charge in [0.25, 0.3) is 0 Å². The van der Waals surface area contributed by atoms with Crippen molar-refractivity contribution >= 4 is 11.9 Å². The minimum Gasteiger partial charge on any atom is -0.482 e. The molecule has 1 N–H and O–H groups in total. The normalized spacial score (nSPS) is 12.5. The van der Waals surface area contributed by atoms with Gasteiger partial charge in [0.2, 0.25) is 0 Å². The molecule has 0 saturated carbocycles. The first-order chi connectivity index (χ1) is 10.2. The highest BCUT2D eigenvalue weighted by Gasteiger charge is 2.26. The summed E-state index contributed by atoms with van der Waals surface area (Å²) in [6, 6.07) is 6.80. The second-order valence-electron chi connectivity index (χ2n) is 6.32. The fourth-order valence-corrected chi connectivity index (χ4v) is 2.10. The molecule has 1 unspecified atom stereocenters. The molecular formula is C17H24O5. The Balaban J connectivity index is 2.73. The molecule has 0 saturated heterocycles. The molecule has 1 aromatic rings. The number of carboxylic acids is 1. The number of hydrogen-bond donors (Lipinski definition) is 1. The van der Waals surface area contributed by atoms with Crippen molar-refractivity contribution in [3.63, 3.8) is 0 Å². The number of carbonyl (C=O) groups is 2. The molecule has 0 radical (unpaired) electrons. The predicted molar refractivity (Wildman–Crippen MR) is 83.0 cm³/mol. The molecule has 5 nitrogen and oxygen atoms in total. The van der Waals surface area contributed by atoms with Gasteiger partial charge in [-0.2, -0.15) is 0 Å². The topological polar surface area (TPSA) is 72.8 Å². The van der Waals surface area contributed by atoms with Crippen LogP contribution in [0.25, 0.3) is 0 Å². The second kappa shape index (κ2) is 7.82. The fourth-order valence-electron chi connectivity index (χ4n) is 2.10. The van der Waals surface area contributed by atoms with Crippen molar-refractivity contribution in [2.45, 2.75) is 40.0 Å². The molecule has 0 spiro atoms. The second-order valence-corrected chi connectivity index (χ2v) is 6.32. The van der Waals surface area contributed by atoms with Crippen LogP contribution in [0.4, 0.5) is 0 Å². The number of hydrogen-bond acceptors (Lipinski definition) is 4. The molecule has 0 aliphatic heterocycles. The van der Waals surface area contributed by atoms with E-state index in [1.807, 2.05) is 20.8 Å². The zero-order valence-corrected chi connectivity index (χ0v) is 13.6. The molecule has 1 atom stereocenters. The summed E-state index contributed by atoms with van der Waals surface area (Å²) in [4.78, 5) is 22.7. The smallest absolute Gasteiger partial charge is 0.344 e. The Kier molecular flexibility index (Phi) is 6.40. The quantitative estimate of drug-likeness (QED) is 0.783. The first kappa shape index (κ1) is 18.0. The van der Waals surface area contributed by atoms with Crippen molar-refractivity contribution < 1.29 is 24.2 Å². The SMILES string of the molecule is CCOC(=O)COc1ccc(C(CC(C)(C)C)C(=O)O)cc1. The van der Waals surface area contributed by atoms with E-state index in [1.54, 1.807) is 31.2 Å². The highest BCUT2D eigenvalue weighted by molar-refractivity contribution is 5.76. The summed E-state index contributed by atoms with van der Waals surface area (Å²) in [5.74, 6) is -1.31. The van der Waals surface area contributed by atoms with Crippen molar-refractivity contribution in [3.05, 3.63) is 29.8 Å². The van der Waals surface area contributed by atoms with Crippen molar-refractivity contribution in [2.75, 3.05) is 13.2 Å². The third-order valence-corrected chi connectivity index (χ3v) is 3.06. The van der Waals surface area contributed by atoms with Crippen LogP contribution >= 0.6 is 0 Å². The third kappa shape index (κ3) is 6.16. The maximum absolute atomic E-state index is 11.5. The lowest BCUT2D eigenvalue weighted by atomic mass is 9.81. The highest BCUT2D eigenvalue weighted by atomic mass is 16.6. The van der Waals surface area contributed by atoms with Crippen LogP contribution in [0.1, 0.15) is 45.6 Å². The summed E-state index contributed by atoms with van der Waals surface area (Å²) in [5, 5.41) is 9.40. The molecule has 122 valence electrons. The standard InChI is InChI=1S/C17H24O5/c1-5-21-15(18)11-22-13-8-6-12(7-9-13)14(16(19)20)10-17(2,3)4/h6-9,14H,5,10-11H2,1-4H3,(H,19,20). The van der Waals surface area contributed by atoms with Gasteiger partial charge in [0.15, 0.2) is 6.61 Å². The molecule has 0 amide bonds. The lowest BCUT2D eigenvalue weighted by Gasteiger charge is -2.23. The summed E-state index contributed by atoms with van der Waals surface area (Å²) in [5.41, 5.74) is 0.646. The van der Waals surface area contributed by atoms with Gasteiger partial charge in [-0.15, -0.1) is 0 Å². The molecular weight excluding hydrogens is 284 g/mol. The Labute approximate surface area is 131 Å². The van der Waals surface area contributed by atoms with Crippen LogP contribution in [0.5, 0.6) is 5.75 Å². The lowest BCUT2D eigenvalue weighted by molar-refractivity contribution is -0.145. The van der Waals surface area contributed by atoms with E-state index in [1.165, 1.54) is 0 Å². The van der Waals surface area contributed by atoms with Crippen LogP contribution in [-0.4, -0.2) is 30.3 Å². The number of benzene rings is 1. The van der Waals surface area contributed by atoms with Crippen LogP contribution in [-0.2, 0) is 14.3 Å². The molecule has 1 aromatic carbocycles. The lowest BCUT2D eigenvalue weighted by Crippen LogP contribution is -2.19. The molecule has 0 aromatic heterocycles. The van der Waals surface area contributed by atoms with E-state index in [0.717, 1.165) is 5.56 Å². The number of aliphatic carboxylic acids is 1. The summed E-state index contributed by atoms with van der Waals surface area (Å²) in [6.07, 6.45) is 0.547. The van der Waals surface area contributed by atoms with E-state index in [2.05, 4.69) is 0 Å². The Bertz CT molecular complexity index is 499. The monoisotopic (exact) mass is 308 g/mol. The summed E-state index contributed by atoms with van der Waals surface area (Å²) in [7, 11) is 0. The van der Waals surface area contributed by atoms with Crippen molar-refractivity contribution in [1.29, 1.82) is 0 Å². The molecule has 1 rings (SSSR count). The minimum atomic E-state index is -0.838. The molecule has 0 fully saturated rings. The average Bonchev–Trinajstić information content (AvgIpc) is 2.42. The van der Waals surface area contributed by atoms with Crippen LogP contribution in [0.3, 0.4) is 0 Å². The Morgan fingerprint density at radius 1 is 1.18 bits per heavy atom. The number of esters is 1. The highest BCUT2D eigenvalue weighted by Crippen LogP contribution is 2.32. The van der Waals surface area contributed by atoms with Crippen molar-refractivity contribution in [2.24, 2.45) is 5.41 Å². The Morgan fingerprint density at radius 3 is 2.23 bits per heavy atom. The predicted octanol–water partition coefficient (Wildman–Crippen LogP) is 3.23. The van der Waals surface area contributed by atoms with Crippen LogP contribution in [0, 0.1) is 5.41 Å². The maximum Gasteiger partial charge on any atom is 0.344 e. The summed E-state index contributed by atoms with van der Waals surface area (Å²) in [6.45, 7) is 7.93. The fraction of sp³-hybridized carbons (Fsp3) is 0.529. The van der Waals surface area contributed by atoms with Gasteiger partial charge in [0.1, 0.15) is 5.75 Å². The minimum absolute atomic E-state index is 0.0812. The molecule has 0 aliphatic carbocycles. The number of rotatable bonds is 7. The van der Waals surface area contributed by atoms with Crippen LogP contribution in [0.15, 0.2) is 24.3 Å². The first-order valence-electron chi connectivity index (χ1n) is 7.34. The molecule has 0 heterocycles. The number of ether oxygens (including phenoxy) is 2. The van der Waals surface area contributed by atoms with Gasteiger partial charge in [-0.25, -0.2) is 4.79 Å². The van der Waals surface area contributed by atoms with Gasteiger partial charge in [-0.05, 0) is 36.5 Å². The Hall–Kier alpha value is -2.04. The zero-order valence-electron chi connectivity index (χ0n) is 13.6. The van der Waals surface area contributed by atoms with Gasteiger partial charge >= 0.3 is 11.9 Å². The van der Waals surface area contributed by atoms with Gasteiger partial charge < -0.3 is 14.6 Å². The number of carbonyl (C=O) groups excluding carboxylic acids is 1. The first-order valence-corrected chi connectivity index (χ1v) is 7.34. The summed E-state index contributed by atoms with van der Waals surface area (Å²) < 4.78 is 10.1. The zero-order chi connectivity index (χ0) is 16.8. The molecule has 0 bridgehead atoms. The van der Waals surface area contributed by atoms with E-state index in [-0.39, 0.29) is 12.0 Å². The van der Waals surface area contributed by atoms with Crippen molar-refractivity contribution in [1.82, 2.24) is 0 Å². The van der Waals surface area contributed by atoms with E-state index in [9.17, 15) is 14.7 Å². The van der Waals surface area contributed by atoms with Gasteiger partial charge in [0, 0.05) is 0 Å².